The van der Waals surface area contributed by atoms with Crippen LogP contribution in [0.3, 0.4) is 0 Å². The topological polar surface area (TPSA) is 124 Å². The highest BCUT2D eigenvalue weighted by Gasteiger charge is 2.43. The molecule has 9 heteroatoms. The molecule has 0 saturated carbocycles. The average molecular weight is 412 g/mol. The number of thioether (sulfide) groups is 1. The van der Waals surface area contributed by atoms with Crippen molar-refractivity contribution >= 4 is 40.5 Å². The zero-order chi connectivity index (χ0) is 21.1. The Morgan fingerprint density at radius 2 is 1.90 bits per heavy atom. The number of primary amides is 1. The molecule has 150 valence electrons. The number of hydrogen-bond acceptors (Lipinski definition) is 7. The molecule has 3 rings (SSSR count). The van der Waals surface area contributed by atoms with Crippen LogP contribution in [0.15, 0.2) is 48.5 Å². The van der Waals surface area contributed by atoms with Crippen molar-refractivity contribution in [3.8, 4) is 0 Å². The van der Waals surface area contributed by atoms with Crippen LogP contribution >= 0.6 is 11.8 Å². The van der Waals surface area contributed by atoms with E-state index in [-0.39, 0.29) is 18.7 Å². The summed E-state index contributed by atoms with van der Waals surface area (Å²) in [7, 11) is 0. The normalized spacial score (nSPS) is 16.2. The molecule has 1 aliphatic heterocycles. The molecular weight excluding hydrogens is 394 g/mol. The van der Waals surface area contributed by atoms with Crippen molar-refractivity contribution in [2.24, 2.45) is 5.73 Å². The van der Waals surface area contributed by atoms with E-state index in [1.165, 1.54) is 23.1 Å². The number of carbonyl (C=O) groups is 4. The van der Waals surface area contributed by atoms with Gasteiger partial charge in [0, 0.05) is 5.69 Å². The Morgan fingerprint density at radius 3 is 2.55 bits per heavy atom. The Morgan fingerprint density at radius 1 is 1.17 bits per heavy atom. The number of hydrogen-bond donors (Lipinski definition) is 1. The number of nitrogens with two attached hydrogens (primary N) is 1. The molecule has 1 heterocycles. The van der Waals surface area contributed by atoms with Crippen molar-refractivity contribution in [3.05, 3.63) is 65.2 Å². The van der Waals surface area contributed by atoms with Gasteiger partial charge in [0.1, 0.15) is 0 Å². The number of carboxylic acids is 1. The van der Waals surface area contributed by atoms with Gasteiger partial charge in [-0.3, -0.25) is 19.3 Å². The summed E-state index contributed by atoms with van der Waals surface area (Å²) >= 11 is 0.789. The Kier molecular flexibility index (Phi) is 5.88. The SMILES string of the molecule is Cc1cccc(N(CC(N)=O)C2SC(=O)N(Cc3cccc(C(=O)[O-])c3)C2=O)c1. The molecule has 0 aromatic heterocycles. The first kappa shape index (κ1) is 20.4. The van der Waals surface area contributed by atoms with Gasteiger partial charge in [0.15, 0.2) is 5.37 Å². The molecule has 29 heavy (non-hydrogen) atoms. The van der Waals surface area contributed by atoms with Gasteiger partial charge < -0.3 is 20.5 Å². The van der Waals surface area contributed by atoms with Crippen LogP contribution in [0.4, 0.5) is 10.5 Å². The van der Waals surface area contributed by atoms with Crippen LogP contribution in [0.5, 0.6) is 0 Å². The summed E-state index contributed by atoms with van der Waals surface area (Å²) in [5.41, 5.74) is 7.32. The number of aryl methyl sites for hydroxylation is 1. The van der Waals surface area contributed by atoms with E-state index in [4.69, 9.17) is 5.73 Å². The smallest absolute Gasteiger partial charge is 0.291 e. The maximum absolute atomic E-state index is 13.0. The van der Waals surface area contributed by atoms with Gasteiger partial charge in [-0.25, -0.2) is 0 Å². The number of aromatic carboxylic acids is 1. The molecule has 1 fully saturated rings. The molecule has 2 N–H and O–H groups in total. The lowest BCUT2D eigenvalue weighted by Crippen LogP contribution is -2.45. The molecule has 2 aromatic carbocycles. The first-order valence-electron chi connectivity index (χ1n) is 8.70. The van der Waals surface area contributed by atoms with Crippen molar-refractivity contribution in [3.63, 3.8) is 0 Å². The first-order chi connectivity index (χ1) is 13.8. The van der Waals surface area contributed by atoms with E-state index >= 15 is 0 Å². The van der Waals surface area contributed by atoms with Crippen molar-refractivity contribution in [1.82, 2.24) is 4.90 Å². The lowest BCUT2D eigenvalue weighted by molar-refractivity contribution is -0.255. The Balaban J connectivity index is 1.86. The van der Waals surface area contributed by atoms with Crippen molar-refractivity contribution in [1.29, 1.82) is 0 Å². The maximum Gasteiger partial charge on any atom is 0.291 e. The number of carbonyl (C=O) groups excluding carboxylic acids is 4. The summed E-state index contributed by atoms with van der Waals surface area (Å²) in [6.07, 6.45) is 0. The van der Waals surface area contributed by atoms with Crippen molar-refractivity contribution in [2.45, 2.75) is 18.8 Å². The highest BCUT2D eigenvalue weighted by atomic mass is 32.2. The minimum Gasteiger partial charge on any atom is -0.545 e. The van der Waals surface area contributed by atoms with E-state index < -0.39 is 28.4 Å². The number of imide groups is 1. The molecule has 0 aliphatic carbocycles. The van der Waals surface area contributed by atoms with Gasteiger partial charge in [-0.1, -0.05) is 30.3 Å². The van der Waals surface area contributed by atoms with Crippen molar-refractivity contribution in [2.75, 3.05) is 11.4 Å². The molecule has 1 unspecified atom stereocenters. The standard InChI is InChI=1S/C20H19N3O5S/c1-12-4-2-7-15(8-12)22(11-16(21)24)18-17(25)23(20(28)29-18)10-13-5-3-6-14(9-13)19(26)27/h2-9,18H,10-11H2,1H3,(H2,21,24)(H,26,27)/p-1. The third-order valence-corrected chi connectivity index (χ3v) is 5.46. The lowest BCUT2D eigenvalue weighted by Gasteiger charge is -2.27. The van der Waals surface area contributed by atoms with E-state index in [1.807, 2.05) is 13.0 Å². The van der Waals surface area contributed by atoms with Gasteiger partial charge >= 0.3 is 0 Å². The number of carboxylic acid groups (broad SMARTS) is 1. The van der Waals surface area contributed by atoms with Gasteiger partial charge in [0.2, 0.25) is 5.91 Å². The fourth-order valence-corrected chi connectivity index (χ4v) is 4.06. The minimum atomic E-state index is -1.34. The van der Waals surface area contributed by atoms with Crippen LogP contribution in [0, 0.1) is 6.92 Å². The maximum atomic E-state index is 13.0. The van der Waals surface area contributed by atoms with E-state index in [0.29, 0.717) is 11.3 Å². The van der Waals surface area contributed by atoms with Crippen molar-refractivity contribution < 1.29 is 24.3 Å². The molecule has 2 aromatic rings. The minimum absolute atomic E-state index is 0.0408. The van der Waals surface area contributed by atoms with Crippen LogP contribution < -0.4 is 15.7 Å². The summed E-state index contributed by atoms with van der Waals surface area (Å²) in [6.45, 7) is 1.56. The first-order valence-corrected chi connectivity index (χ1v) is 9.58. The molecule has 8 nitrogen and oxygen atoms in total. The van der Waals surface area contributed by atoms with E-state index in [0.717, 1.165) is 22.2 Å². The fourth-order valence-electron chi connectivity index (χ4n) is 3.04. The van der Waals surface area contributed by atoms with Gasteiger partial charge in [-0.15, -0.1) is 0 Å². The predicted octanol–water partition coefficient (Wildman–Crippen LogP) is 0.872. The second-order valence-corrected chi connectivity index (χ2v) is 7.61. The van der Waals surface area contributed by atoms with Crippen LogP contribution in [-0.2, 0) is 16.1 Å². The summed E-state index contributed by atoms with van der Waals surface area (Å²) in [5, 5.41) is 9.61. The second kappa shape index (κ2) is 8.36. The van der Waals surface area contributed by atoms with Crippen LogP contribution in [0.25, 0.3) is 0 Å². The second-order valence-electron chi connectivity index (χ2n) is 6.58. The molecule has 1 aliphatic rings. The molecule has 1 atom stereocenters. The molecule has 3 amide bonds. The summed E-state index contributed by atoms with van der Waals surface area (Å²) in [6, 6.07) is 13.1. The lowest BCUT2D eigenvalue weighted by atomic mass is 10.1. The van der Waals surface area contributed by atoms with Gasteiger partial charge in [0.25, 0.3) is 11.1 Å². The van der Waals surface area contributed by atoms with Crippen LogP contribution in [0.2, 0.25) is 0 Å². The molecule has 0 radical (unpaired) electrons. The van der Waals surface area contributed by atoms with E-state index in [1.54, 1.807) is 24.3 Å². The number of anilines is 1. The highest BCUT2D eigenvalue weighted by molar-refractivity contribution is 8.15. The zero-order valence-electron chi connectivity index (χ0n) is 15.5. The van der Waals surface area contributed by atoms with E-state index in [2.05, 4.69) is 0 Å². The number of nitrogens with zero attached hydrogens (tertiary/aromatic N) is 2. The molecule has 0 spiro atoms. The van der Waals surface area contributed by atoms with Gasteiger partial charge in [-0.2, -0.15) is 0 Å². The molecular formula is C20H18N3O5S-. The van der Waals surface area contributed by atoms with Crippen LogP contribution in [-0.4, -0.2) is 39.8 Å². The highest BCUT2D eigenvalue weighted by Crippen LogP contribution is 2.34. The molecule has 1 saturated heterocycles. The monoisotopic (exact) mass is 412 g/mol. The predicted molar refractivity (Wildman–Crippen MR) is 106 cm³/mol. The largest absolute Gasteiger partial charge is 0.545 e. The van der Waals surface area contributed by atoms with E-state index in [9.17, 15) is 24.3 Å². The summed E-state index contributed by atoms with van der Waals surface area (Å²) < 4.78 is 0. The summed E-state index contributed by atoms with van der Waals surface area (Å²) in [5.74, 6) is -2.47. The number of rotatable bonds is 7. The number of amides is 3. The third-order valence-electron chi connectivity index (χ3n) is 4.36. The Hall–Kier alpha value is -3.33. The quantitative estimate of drug-likeness (QED) is 0.716. The Labute approximate surface area is 171 Å². The summed E-state index contributed by atoms with van der Waals surface area (Å²) in [4.78, 5) is 50.6. The van der Waals surface area contributed by atoms with Gasteiger partial charge in [-0.05, 0) is 53.6 Å². The zero-order valence-corrected chi connectivity index (χ0v) is 16.3. The third kappa shape index (κ3) is 4.57. The average Bonchev–Trinajstić information content (AvgIpc) is 2.94. The van der Waals surface area contributed by atoms with Gasteiger partial charge in [0.05, 0.1) is 19.1 Å². The fraction of sp³-hybridized carbons (Fsp3) is 0.200. The molecule has 0 bridgehead atoms. The Bertz CT molecular complexity index is 994. The van der Waals surface area contributed by atoms with Crippen LogP contribution in [0.1, 0.15) is 21.5 Å². The number of benzene rings is 2.